The second kappa shape index (κ2) is 6.24. The molecule has 0 aliphatic rings. The first kappa shape index (κ1) is 15.5. The van der Waals surface area contributed by atoms with Gasteiger partial charge in [0.05, 0.1) is 4.90 Å². The van der Waals surface area contributed by atoms with Crippen molar-refractivity contribution < 1.29 is 13.2 Å². The van der Waals surface area contributed by atoms with Crippen LogP contribution in [0.1, 0.15) is 15.9 Å². The van der Waals surface area contributed by atoms with Crippen molar-refractivity contribution in [3.8, 4) is 0 Å². The van der Waals surface area contributed by atoms with Gasteiger partial charge in [-0.2, -0.15) is 0 Å². The maximum Gasteiger partial charge on any atom is 0.185 e. The van der Waals surface area contributed by atoms with Crippen molar-refractivity contribution in [3.63, 3.8) is 0 Å². The van der Waals surface area contributed by atoms with Crippen LogP contribution < -0.4 is 0 Å². The van der Waals surface area contributed by atoms with Crippen molar-refractivity contribution in [1.82, 2.24) is 0 Å². The summed E-state index contributed by atoms with van der Waals surface area (Å²) < 4.78 is 22.7. The second-order valence-corrected chi connectivity index (χ2v) is 7.00. The fraction of sp³-hybridized carbons (Fsp3) is 0.0625. The van der Waals surface area contributed by atoms with E-state index in [2.05, 4.69) is 0 Å². The monoisotopic (exact) mass is 320 g/mol. The maximum atomic E-state index is 12.0. The zero-order chi connectivity index (χ0) is 15.5. The molecule has 0 spiro atoms. The lowest BCUT2D eigenvalue weighted by Crippen LogP contribution is -1.99. The van der Waals surface area contributed by atoms with Crippen LogP contribution >= 0.6 is 11.6 Å². The molecule has 3 nitrogen and oxygen atoms in total. The zero-order valence-electron chi connectivity index (χ0n) is 11.3. The Morgan fingerprint density at radius 3 is 2.10 bits per heavy atom. The lowest BCUT2D eigenvalue weighted by molar-refractivity contribution is 0.104. The van der Waals surface area contributed by atoms with Crippen LogP contribution in [0.15, 0.2) is 59.5 Å². The Balaban J connectivity index is 2.15. The number of allylic oxidation sites excluding steroid dienone is 1. The quantitative estimate of drug-likeness (QED) is 0.638. The molecular weight excluding hydrogens is 308 g/mol. The fourth-order valence-corrected chi connectivity index (χ4v) is 2.46. The molecule has 2 rings (SSSR count). The van der Waals surface area contributed by atoms with E-state index in [1.54, 1.807) is 30.3 Å². The highest BCUT2D eigenvalue weighted by Gasteiger charge is 2.08. The van der Waals surface area contributed by atoms with Crippen molar-refractivity contribution in [2.24, 2.45) is 0 Å². The summed E-state index contributed by atoms with van der Waals surface area (Å²) in [5.74, 6) is -0.190. The summed E-state index contributed by atoms with van der Waals surface area (Å²) in [6, 6.07) is 13.0. The van der Waals surface area contributed by atoms with Crippen LogP contribution in [0.4, 0.5) is 0 Å². The zero-order valence-corrected chi connectivity index (χ0v) is 12.9. The molecule has 0 unspecified atom stereocenters. The van der Waals surface area contributed by atoms with Gasteiger partial charge in [-0.05, 0) is 48.0 Å². The molecule has 2 aromatic rings. The van der Waals surface area contributed by atoms with E-state index in [4.69, 9.17) is 11.6 Å². The summed E-state index contributed by atoms with van der Waals surface area (Å²) >= 11 is 5.78. The van der Waals surface area contributed by atoms with E-state index in [1.165, 1.54) is 30.3 Å². The first-order valence-corrected chi connectivity index (χ1v) is 8.41. The Hall–Kier alpha value is -1.91. The largest absolute Gasteiger partial charge is 0.289 e. The van der Waals surface area contributed by atoms with Gasteiger partial charge < -0.3 is 0 Å². The van der Waals surface area contributed by atoms with E-state index in [0.717, 1.165) is 11.8 Å². The van der Waals surface area contributed by atoms with E-state index in [1.807, 2.05) is 0 Å². The highest BCUT2D eigenvalue weighted by atomic mass is 35.5. The molecule has 5 heteroatoms. The summed E-state index contributed by atoms with van der Waals surface area (Å²) in [6.07, 6.45) is 4.26. The van der Waals surface area contributed by atoms with Crippen molar-refractivity contribution in [1.29, 1.82) is 0 Å². The number of benzene rings is 2. The molecule has 0 N–H and O–H groups in total. The molecule has 0 atom stereocenters. The number of hydrogen-bond donors (Lipinski definition) is 0. The van der Waals surface area contributed by atoms with Gasteiger partial charge in [-0.15, -0.1) is 0 Å². The number of sulfone groups is 1. The highest BCUT2D eigenvalue weighted by Crippen LogP contribution is 2.13. The number of carbonyl (C=O) groups is 1. The molecule has 0 saturated heterocycles. The number of hydrogen-bond acceptors (Lipinski definition) is 3. The molecule has 0 radical (unpaired) electrons. The molecule has 0 aromatic heterocycles. The highest BCUT2D eigenvalue weighted by molar-refractivity contribution is 7.90. The van der Waals surface area contributed by atoms with Crippen LogP contribution in [-0.4, -0.2) is 20.5 Å². The van der Waals surface area contributed by atoms with Gasteiger partial charge in [-0.1, -0.05) is 29.8 Å². The standard InChI is InChI=1S/C16H13ClO3S/c1-21(19,20)15-9-5-13(6-10-15)16(18)11-4-12-2-7-14(17)8-3-12/h2-11H,1H3. The van der Waals surface area contributed by atoms with Crippen molar-refractivity contribution in [3.05, 3.63) is 70.8 Å². The van der Waals surface area contributed by atoms with Crippen LogP contribution in [0.5, 0.6) is 0 Å². The lowest BCUT2D eigenvalue weighted by Gasteiger charge is -2.00. The third kappa shape index (κ3) is 4.28. The SMILES string of the molecule is CS(=O)(=O)c1ccc(C(=O)C=Cc2ccc(Cl)cc2)cc1. The first-order chi connectivity index (χ1) is 9.86. The van der Waals surface area contributed by atoms with Gasteiger partial charge in [0.25, 0.3) is 0 Å². The molecule has 0 heterocycles. The van der Waals surface area contributed by atoms with Gasteiger partial charge in [-0.25, -0.2) is 8.42 Å². The van der Waals surface area contributed by atoms with Gasteiger partial charge in [-0.3, -0.25) is 4.79 Å². The Morgan fingerprint density at radius 2 is 1.57 bits per heavy atom. The minimum Gasteiger partial charge on any atom is -0.289 e. The van der Waals surface area contributed by atoms with E-state index in [-0.39, 0.29) is 10.7 Å². The molecule has 0 aliphatic heterocycles. The van der Waals surface area contributed by atoms with Gasteiger partial charge in [0.2, 0.25) is 0 Å². The lowest BCUT2D eigenvalue weighted by atomic mass is 10.1. The normalized spacial score (nSPS) is 11.7. The third-order valence-corrected chi connectivity index (χ3v) is 4.24. The molecule has 108 valence electrons. The number of carbonyl (C=O) groups excluding carboxylic acids is 1. The molecule has 0 amide bonds. The molecule has 0 bridgehead atoms. The molecule has 0 saturated carbocycles. The number of rotatable bonds is 4. The van der Waals surface area contributed by atoms with Gasteiger partial charge in [0.1, 0.15) is 0 Å². The average Bonchev–Trinajstić information content (AvgIpc) is 2.45. The Kier molecular flexibility index (Phi) is 4.60. The molecule has 0 fully saturated rings. The number of ketones is 1. The van der Waals surface area contributed by atoms with Crippen molar-refractivity contribution in [2.75, 3.05) is 6.26 Å². The predicted octanol–water partition coefficient (Wildman–Crippen LogP) is 3.64. The van der Waals surface area contributed by atoms with Crippen molar-refractivity contribution in [2.45, 2.75) is 4.90 Å². The Morgan fingerprint density at radius 1 is 1.00 bits per heavy atom. The Labute approximate surface area is 128 Å². The fourth-order valence-electron chi connectivity index (χ4n) is 1.71. The number of halogens is 1. The predicted molar refractivity (Wildman–Crippen MR) is 84.4 cm³/mol. The van der Waals surface area contributed by atoms with E-state index >= 15 is 0 Å². The van der Waals surface area contributed by atoms with E-state index < -0.39 is 9.84 Å². The molecular formula is C16H13ClO3S. The molecule has 2 aromatic carbocycles. The average molecular weight is 321 g/mol. The van der Waals surface area contributed by atoms with Crippen LogP contribution in [-0.2, 0) is 9.84 Å². The molecule has 21 heavy (non-hydrogen) atoms. The summed E-state index contributed by atoms with van der Waals surface area (Å²) in [4.78, 5) is 12.2. The van der Waals surface area contributed by atoms with Gasteiger partial charge in [0.15, 0.2) is 15.6 Å². The minimum absolute atomic E-state index is 0.190. The second-order valence-electron chi connectivity index (χ2n) is 4.55. The topological polar surface area (TPSA) is 51.2 Å². The van der Waals surface area contributed by atoms with Crippen LogP contribution in [0.25, 0.3) is 6.08 Å². The van der Waals surface area contributed by atoms with E-state index in [0.29, 0.717) is 10.6 Å². The van der Waals surface area contributed by atoms with Crippen LogP contribution in [0, 0.1) is 0 Å². The van der Waals surface area contributed by atoms with Gasteiger partial charge in [0, 0.05) is 16.8 Å². The third-order valence-electron chi connectivity index (χ3n) is 2.86. The summed E-state index contributed by atoms with van der Waals surface area (Å²) in [6.45, 7) is 0. The van der Waals surface area contributed by atoms with Crippen LogP contribution in [0.2, 0.25) is 5.02 Å². The summed E-state index contributed by atoms with van der Waals surface area (Å²) in [5.41, 5.74) is 1.30. The Bertz CT molecular complexity index is 773. The maximum absolute atomic E-state index is 12.0. The van der Waals surface area contributed by atoms with E-state index in [9.17, 15) is 13.2 Å². The first-order valence-electron chi connectivity index (χ1n) is 6.14. The van der Waals surface area contributed by atoms with Gasteiger partial charge >= 0.3 is 0 Å². The van der Waals surface area contributed by atoms with Crippen LogP contribution in [0.3, 0.4) is 0 Å². The van der Waals surface area contributed by atoms with Crippen molar-refractivity contribution >= 4 is 33.3 Å². The minimum atomic E-state index is -3.25. The smallest absolute Gasteiger partial charge is 0.185 e. The molecule has 0 aliphatic carbocycles. The summed E-state index contributed by atoms with van der Waals surface area (Å²) in [5, 5.41) is 0.634. The summed E-state index contributed by atoms with van der Waals surface area (Å²) in [7, 11) is -3.25.